The van der Waals surface area contributed by atoms with E-state index in [0.29, 0.717) is 0 Å². The fourth-order valence-electron chi connectivity index (χ4n) is 1.25. The van der Waals surface area contributed by atoms with Crippen LogP contribution < -0.4 is 0 Å². The lowest BCUT2D eigenvalue weighted by Gasteiger charge is -2.30. The maximum atomic E-state index is 10.8. The Bertz CT molecular complexity index is 155. The van der Waals surface area contributed by atoms with Gasteiger partial charge in [-0.1, -0.05) is 13.8 Å². The van der Waals surface area contributed by atoms with Gasteiger partial charge in [0.1, 0.15) is 6.04 Å². The second kappa shape index (κ2) is 4.45. The van der Waals surface area contributed by atoms with Crippen molar-refractivity contribution >= 4 is 5.97 Å². The van der Waals surface area contributed by atoms with E-state index >= 15 is 0 Å². The van der Waals surface area contributed by atoms with Crippen LogP contribution >= 0.6 is 0 Å². The molecule has 0 radical (unpaired) electrons. The predicted octanol–water partition coefficient (Wildman–Crippen LogP) is 1.44. The molecule has 0 aliphatic rings. The summed E-state index contributed by atoms with van der Waals surface area (Å²) in [5.74, 6) is -0.587. The van der Waals surface area contributed by atoms with Gasteiger partial charge in [0, 0.05) is 6.04 Å². The lowest BCUT2D eigenvalue weighted by atomic mass is 10.0. The van der Waals surface area contributed by atoms with Crippen molar-refractivity contribution in [2.75, 3.05) is 7.05 Å². The number of likely N-dealkylation sites (N-methyl/N-ethyl adjacent to an activating group) is 1. The zero-order valence-electron chi connectivity index (χ0n) is 8.53. The minimum absolute atomic E-state index is 0.148. The van der Waals surface area contributed by atoms with Gasteiger partial charge in [-0.15, -0.1) is 0 Å². The van der Waals surface area contributed by atoms with Crippen molar-refractivity contribution in [1.29, 1.82) is 0 Å². The van der Waals surface area contributed by atoms with Gasteiger partial charge >= 0.3 is 5.97 Å². The molecule has 0 bridgehead atoms. The van der Waals surface area contributed by atoms with Gasteiger partial charge in [-0.05, 0) is 26.8 Å². The smallest absolute Gasteiger partial charge is 0.321 e. The zero-order chi connectivity index (χ0) is 9.89. The standard InChI is InChI=1S/C9H19NO2/c1-6(2)8(9(11)12)10(5)7(3)4/h6-8H,1-5H3,(H,11,12). The topological polar surface area (TPSA) is 40.5 Å². The molecule has 0 aromatic carbocycles. The van der Waals surface area contributed by atoms with Gasteiger partial charge in [0.15, 0.2) is 0 Å². The first kappa shape index (κ1) is 11.4. The Hall–Kier alpha value is -0.570. The molecule has 3 heteroatoms. The highest BCUT2D eigenvalue weighted by molar-refractivity contribution is 5.73. The van der Waals surface area contributed by atoms with Crippen molar-refractivity contribution < 1.29 is 9.90 Å². The Morgan fingerprint density at radius 1 is 1.25 bits per heavy atom. The van der Waals surface area contributed by atoms with Gasteiger partial charge in [-0.3, -0.25) is 9.69 Å². The van der Waals surface area contributed by atoms with E-state index < -0.39 is 5.97 Å². The SMILES string of the molecule is CC(C)C(C(=O)O)N(C)C(C)C. The van der Waals surface area contributed by atoms with Crippen LogP contribution in [0, 0.1) is 5.92 Å². The first-order valence-electron chi connectivity index (χ1n) is 4.32. The number of carbonyl (C=O) groups is 1. The Morgan fingerprint density at radius 2 is 1.67 bits per heavy atom. The summed E-state index contributed by atoms with van der Waals surface area (Å²) in [5, 5.41) is 8.92. The fourth-order valence-corrected chi connectivity index (χ4v) is 1.25. The Kier molecular flexibility index (Phi) is 4.24. The van der Waals surface area contributed by atoms with E-state index in [-0.39, 0.29) is 18.0 Å². The van der Waals surface area contributed by atoms with E-state index in [0.717, 1.165) is 0 Å². The molecule has 0 aliphatic carbocycles. The normalized spacial score (nSPS) is 14.3. The molecule has 72 valence electrons. The van der Waals surface area contributed by atoms with Crippen LogP contribution in [0.5, 0.6) is 0 Å². The summed E-state index contributed by atoms with van der Waals surface area (Å²) in [4.78, 5) is 12.7. The minimum Gasteiger partial charge on any atom is -0.480 e. The van der Waals surface area contributed by atoms with Crippen molar-refractivity contribution in [3.63, 3.8) is 0 Å². The summed E-state index contributed by atoms with van der Waals surface area (Å²) in [6.45, 7) is 7.85. The molecule has 1 N–H and O–H groups in total. The third-order valence-electron chi connectivity index (χ3n) is 2.14. The third kappa shape index (κ3) is 2.81. The van der Waals surface area contributed by atoms with Crippen molar-refractivity contribution in [2.24, 2.45) is 5.92 Å². The largest absolute Gasteiger partial charge is 0.480 e. The molecule has 0 saturated heterocycles. The Morgan fingerprint density at radius 3 is 1.75 bits per heavy atom. The molecule has 1 atom stereocenters. The van der Waals surface area contributed by atoms with Crippen LogP contribution in [0.1, 0.15) is 27.7 Å². The molecule has 12 heavy (non-hydrogen) atoms. The first-order chi connectivity index (χ1) is 5.37. The van der Waals surface area contributed by atoms with E-state index in [9.17, 15) is 4.79 Å². The molecule has 0 rings (SSSR count). The molecular weight excluding hydrogens is 154 g/mol. The van der Waals surface area contributed by atoms with Crippen LogP contribution in [-0.2, 0) is 4.79 Å². The molecule has 1 unspecified atom stereocenters. The van der Waals surface area contributed by atoms with Crippen molar-refractivity contribution in [2.45, 2.75) is 39.8 Å². The van der Waals surface area contributed by atoms with Gasteiger partial charge < -0.3 is 5.11 Å². The number of hydrogen-bond acceptors (Lipinski definition) is 2. The number of carboxylic acid groups (broad SMARTS) is 1. The molecule has 0 spiro atoms. The molecular formula is C9H19NO2. The summed E-state index contributed by atoms with van der Waals surface area (Å²) < 4.78 is 0. The average molecular weight is 173 g/mol. The van der Waals surface area contributed by atoms with Crippen LogP contribution in [-0.4, -0.2) is 35.1 Å². The lowest BCUT2D eigenvalue weighted by molar-refractivity contribution is -0.145. The molecule has 0 aromatic heterocycles. The van der Waals surface area contributed by atoms with Crippen LogP contribution in [0.3, 0.4) is 0 Å². The molecule has 0 amide bonds. The Balaban J connectivity index is 4.40. The van der Waals surface area contributed by atoms with E-state index in [1.807, 2.05) is 39.6 Å². The number of carboxylic acids is 1. The average Bonchev–Trinajstić information content (AvgIpc) is 1.85. The van der Waals surface area contributed by atoms with E-state index in [1.54, 1.807) is 0 Å². The van der Waals surface area contributed by atoms with E-state index in [1.165, 1.54) is 0 Å². The summed E-state index contributed by atoms with van der Waals surface area (Å²) in [7, 11) is 1.85. The molecule has 0 fully saturated rings. The minimum atomic E-state index is -0.735. The number of hydrogen-bond donors (Lipinski definition) is 1. The molecule has 0 heterocycles. The van der Waals surface area contributed by atoms with Crippen LogP contribution in [0.15, 0.2) is 0 Å². The van der Waals surface area contributed by atoms with Crippen LogP contribution in [0.25, 0.3) is 0 Å². The predicted molar refractivity (Wildman–Crippen MR) is 49.2 cm³/mol. The number of nitrogens with zero attached hydrogens (tertiary/aromatic N) is 1. The first-order valence-corrected chi connectivity index (χ1v) is 4.32. The van der Waals surface area contributed by atoms with Gasteiger partial charge in [-0.25, -0.2) is 0 Å². The molecule has 0 aliphatic heterocycles. The highest BCUT2D eigenvalue weighted by atomic mass is 16.4. The second-order valence-electron chi connectivity index (χ2n) is 3.79. The second-order valence-corrected chi connectivity index (χ2v) is 3.79. The fraction of sp³-hybridized carbons (Fsp3) is 0.889. The summed E-state index contributed by atoms with van der Waals surface area (Å²) in [5.41, 5.74) is 0. The van der Waals surface area contributed by atoms with Gasteiger partial charge in [-0.2, -0.15) is 0 Å². The van der Waals surface area contributed by atoms with E-state index in [4.69, 9.17) is 5.11 Å². The summed E-state index contributed by atoms with van der Waals surface area (Å²) in [6, 6.07) is -0.0986. The molecule has 0 aromatic rings. The number of aliphatic carboxylic acids is 1. The highest BCUT2D eigenvalue weighted by Gasteiger charge is 2.27. The monoisotopic (exact) mass is 173 g/mol. The summed E-state index contributed by atoms with van der Waals surface area (Å²) in [6.07, 6.45) is 0. The summed E-state index contributed by atoms with van der Waals surface area (Å²) >= 11 is 0. The van der Waals surface area contributed by atoms with Gasteiger partial charge in [0.2, 0.25) is 0 Å². The van der Waals surface area contributed by atoms with Gasteiger partial charge in [0.25, 0.3) is 0 Å². The third-order valence-corrected chi connectivity index (χ3v) is 2.14. The van der Waals surface area contributed by atoms with Crippen LogP contribution in [0.2, 0.25) is 0 Å². The quantitative estimate of drug-likeness (QED) is 0.699. The van der Waals surface area contributed by atoms with Crippen molar-refractivity contribution in [3.8, 4) is 0 Å². The van der Waals surface area contributed by atoms with Crippen molar-refractivity contribution in [1.82, 2.24) is 4.90 Å². The molecule has 0 saturated carbocycles. The number of rotatable bonds is 4. The van der Waals surface area contributed by atoms with Crippen LogP contribution in [0.4, 0.5) is 0 Å². The lowest BCUT2D eigenvalue weighted by Crippen LogP contribution is -2.45. The Labute approximate surface area is 74.4 Å². The zero-order valence-corrected chi connectivity index (χ0v) is 8.53. The maximum absolute atomic E-state index is 10.8. The maximum Gasteiger partial charge on any atom is 0.321 e. The van der Waals surface area contributed by atoms with Gasteiger partial charge in [0.05, 0.1) is 0 Å². The van der Waals surface area contributed by atoms with Crippen molar-refractivity contribution in [3.05, 3.63) is 0 Å². The molecule has 3 nitrogen and oxygen atoms in total. The highest BCUT2D eigenvalue weighted by Crippen LogP contribution is 2.11. The van der Waals surface area contributed by atoms with E-state index in [2.05, 4.69) is 0 Å².